The fourth-order valence-electron chi connectivity index (χ4n) is 0.899. The van der Waals surface area contributed by atoms with Crippen molar-refractivity contribution in [3.63, 3.8) is 0 Å². The number of nitrogens with one attached hydrogen (secondary N) is 1. The first-order chi connectivity index (χ1) is 6.12. The summed E-state index contributed by atoms with van der Waals surface area (Å²) in [5.41, 5.74) is 6.66. The molecular formula is C11H22NO2Ta-. The van der Waals surface area contributed by atoms with Gasteiger partial charge in [0.25, 0.3) is 0 Å². The Hall–Kier alpha value is 0.170. The molecule has 0 aliphatic carbocycles. The van der Waals surface area contributed by atoms with E-state index >= 15 is 0 Å². The van der Waals surface area contributed by atoms with Gasteiger partial charge in [-0.1, -0.05) is 20.8 Å². The molecule has 0 atom stereocenters. The van der Waals surface area contributed by atoms with Gasteiger partial charge in [0, 0.05) is 28.3 Å². The third-order valence-electron chi connectivity index (χ3n) is 1.85. The average molecular weight is 381 g/mol. The number of hydrogen-bond acceptors (Lipinski definition) is 2. The van der Waals surface area contributed by atoms with E-state index in [1.54, 1.807) is 0 Å². The van der Waals surface area contributed by atoms with Gasteiger partial charge in [-0.25, -0.2) is 0 Å². The molecule has 0 aromatic heterocycles. The third-order valence-corrected chi connectivity index (χ3v) is 1.85. The number of carbonyl (C=O) groups excluding carboxylic acids is 1. The second-order valence-electron chi connectivity index (χ2n) is 5.53. The minimum Gasteiger partial charge on any atom is -0.668 e. The normalized spacial score (nSPS) is 12.1. The molecule has 1 amide bonds. The average Bonchev–Trinajstić information content (AvgIpc) is 1.97. The molecule has 0 aliphatic rings. The van der Waals surface area contributed by atoms with Crippen molar-refractivity contribution in [2.75, 3.05) is 6.61 Å². The third kappa shape index (κ3) is 12.1. The van der Waals surface area contributed by atoms with Gasteiger partial charge < -0.3 is 15.3 Å². The van der Waals surface area contributed by atoms with Crippen LogP contribution in [0.3, 0.4) is 0 Å². The summed E-state index contributed by atoms with van der Waals surface area (Å²) in [6.07, 6.45) is 0.891. The van der Waals surface area contributed by atoms with Crippen LogP contribution >= 0.6 is 0 Å². The smallest absolute Gasteiger partial charge is 0.0630 e. The topological polar surface area (TPSA) is 50.1 Å². The van der Waals surface area contributed by atoms with E-state index in [1.807, 2.05) is 13.8 Å². The van der Waals surface area contributed by atoms with Gasteiger partial charge in [-0.3, -0.25) is 0 Å². The van der Waals surface area contributed by atoms with Crippen LogP contribution in [0, 0.1) is 5.41 Å². The summed E-state index contributed by atoms with van der Waals surface area (Å²) >= 11 is 0. The van der Waals surface area contributed by atoms with Crippen LogP contribution in [-0.4, -0.2) is 18.1 Å². The Bertz CT molecular complexity index is 197. The number of rotatable bonds is 5. The van der Waals surface area contributed by atoms with E-state index in [2.05, 4.69) is 20.8 Å². The van der Waals surface area contributed by atoms with E-state index in [9.17, 15) is 4.79 Å². The fraction of sp³-hybridized carbons (Fsp3) is 0.909. The molecule has 0 heterocycles. The van der Waals surface area contributed by atoms with Crippen LogP contribution in [-0.2, 0) is 31.9 Å². The predicted molar refractivity (Wildman–Crippen MR) is 58.0 cm³/mol. The molecule has 3 nitrogen and oxygen atoms in total. The van der Waals surface area contributed by atoms with Crippen molar-refractivity contribution in [3.05, 3.63) is 5.73 Å². The molecule has 89 valence electrons. The summed E-state index contributed by atoms with van der Waals surface area (Å²) in [4.78, 5) is 10.5. The molecule has 1 radical (unpaired) electrons. The zero-order chi connectivity index (χ0) is 11.4. The SMILES string of the molecule is CC(C)(C)COC(C)(C)CCC([NH-])=O.[Ta]. The van der Waals surface area contributed by atoms with Crippen molar-refractivity contribution in [1.82, 2.24) is 0 Å². The summed E-state index contributed by atoms with van der Waals surface area (Å²) in [7, 11) is 0. The van der Waals surface area contributed by atoms with Gasteiger partial charge >= 0.3 is 0 Å². The molecule has 0 fully saturated rings. The maximum absolute atomic E-state index is 10.5. The van der Waals surface area contributed by atoms with E-state index in [1.165, 1.54) is 0 Å². The second kappa shape index (κ2) is 6.69. The molecule has 0 spiro atoms. The zero-order valence-corrected chi connectivity index (χ0v) is 13.6. The van der Waals surface area contributed by atoms with Gasteiger partial charge in [-0.15, -0.1) is 0 Å². The first kappa shape index (κ1) is 17.6. The van der Waals surface area contributed by atoms with Crippen LogP contribution in [0.1, 0.15) is 47.5 Å². The molecule has 0 aromatic rings. The van der Waals surface area contributed by atoms with Crippen LogP contribution in [0.2, 0.25) is 0 Å². The van der Waals surface area contributed by atoms with Gasteiger partial charge in [0.2, 0.25) is 0 Å². The van der Waals surface area contributed by atoms with Crippen molar-refractivity contribution in [1.29, 1.82) is 0 Å². The molecule has 0 rings (SSSR count). The van der Waals surface area contributed by atoms with E-state index in [0.29, 0.717) is 13.0 Å². The Morgan fingerprint density at radius 1 is 1.20 bits per heavy atom. The van der Waals surface area contributed by atoms with E-state index in [0.717, 1.165) is 0 Å². The molecule has 0 unspecified atom stereocenters. The molecule has 0 saturated carbocycles. The van der Waals surface area contributed by atoms with Gasteiger partial charge in [0.15, 0.2) is 0 Å². The van der Waals surface area contributed by atoms with E-state index in [4.69, 9.17) is 10.5 Å². The molecule has 4 heteroatoms. The Morgan fingerprint density at radius 2 is 1.67 bits per heavy atom. The fourth-order valence-corrected chi connectivity index (χ4v) is 0.899. The van der Waals surface area contributed by atoms with Crippen molar-refractivity contribution in [2.45, 2.75) is 53.1 Å². The van der Waals surface area contributed by atoms with E-state index < -0.39 is 5.91 Å². The first-order valence-corrected chi connectivity index (χ1v) is 5.01. The van der Waals surface area contributed by atoms with Crippen LogP contribution in [0.5, 0.6) is 0 Å². The van der Waals surface area contributed by atoms with Crippen molar-refractivity contribution < 1.29 is 31.9 Å². The number of carbonyl (C=O) groups is 1. The summed E-state index contributed by atoms with van der Waals surface area (Å²) in [6.45, 7) is 10.9. The zero-order valence-electron chi connectivity index (χ0n) is 10.4. The predicted octanol–water partition coefficient (Wildman–Crippen LogP) is 3.18. The van der Waals surface area contributed by atoms with Crippen molar-refractivity contribution in [3.8, 4) is 0 Å². The molecule has 0 saturated heterocycles. The van der Waals surface area contributed by atoms with Gasteiger partial charge in [0.1, 0.15) is 0 Å². The minimum atomic E-state index is -0.516. The Kier molecular flexibility index (Phi) is 7.83. The Balaban J connectivity index is 0. The maximum Gasteiger partial charge on any atom is 0.0630 e. The summed E-state index contributed by atoms with van der Waals surface area (Å²) in [5, 5.41) is 0. The molecule has 15 heavy (non-hydrogen) atoms. The number of ether oxygens (including phenoxy) is 1. The second-order valence-corrected chi connectivity index (χ2v) is 5.53. The maximum atomic E-state index is 10.5. The van der Waals surface area contributed by atoms with Gasteiger partial charge in [-0.05, 0) is 32.1 Å². The van der Waals surface area contributed by atoms with Crippen LogP contribution in [0.4, 0.5) is 0 Å². The van der Waals surface area contributed by atoms with Gasteiger partial charge in [0.05, 0.1) is 12.2 Å². The summed E-state index contributed by atoms with van der Waals surface area (Å²) in [5.74, 6) is -0.516. The van der Waals surface area contributed by atoms with Gasteiger partial charge in [-0.2, -0.15) is 0 Å². The number of amides is 1. The van der Waals surface area contributed by atoms with E-state index in [-0.39, 0.29) is 39.8 Å². The standard InChI is InChI=1S/C11H23NO2.Ta/c1-10(2,3)8-14-11(4,5)7-6-9(12)13;/h6-8H2,1-5H3,(H2,12,13);/p-1. The molecule has 1 N–H and O–H groups in total. The Labute approximate surface area is 109 Å². The first-order valence-electron chi connectivity index (χ1n) is 5.01. The van der Waals surface area contributed by atoms with Crippen LogP contribution < -0.4 is 0 Å². The van der Waals surface area contributed by atoms with Crippen molar-refractivity contribution >= 4 is 5.91 Å². The monoisotopic (exact) mass is 381 g/mol. The molecule has 0 aromatic carbocycles. The summed E-state index contributed by atoms with van der Waals surface area (Å²) < 4.78 is 5.71. The summed E-state index contributed by atoms with van der Waals surface area (Å²) in [6, 6.07) is 0. The Morgan fingerprint density at radius 3 is 2.00 bits per heavy atom. The molecule has 0 aliphatic heterocycles. The van der Waals surface area contributed by atoms with Crippen molar-refractivity contribution in [2.24, 2.45) is 5.41 Å². The quantitative estimate of drug-likeness (QED) is 0.735. The molecule has 0 bridgehead atoms. The molecular weight excluding hydrogens is 359 g/mol. The largest absolute Gasteiger partial charge is 0.668 e. The number of hydrogen-bond donors (Lipinski definition) is 0. The van der Waals surface area contributed by atoms with Crippen LogP contribution in [0.15, 0.2) is 0 Å². The minimum absolute atomic E-state index is 0. The van der Waals surface area contributed by atoms with Crippen LogP contribution in [0.25, 0.3) is 5.73 Å².